The molecule has 1 N–H and O–H groups in total. The first-order valence-electron chi connectivity index (χ1n) is 7.24. The molecule has 0 unspecified atom stereocenters. The molecular formula is C16H28N2O. The predicted octanol–water partition coefficient (Wildman–Crippen LogP) is 3.65. The van der Waals surface area contributed by atoms with E-state index in [-0.39, 0.29) is 11.9 Å². The van der Waals surface area contributed by atoms with Crippen molar-refractivity contribution in [2.75, 3.05) is 0 Å². The summed E-state index contributed by atoms with van der Waals surface area (Å²) in [6, 6.07) is 2.29. The first-order chi connectivity index (χ1) is 8.52. The Morgan fingerprint density at radius 3 is 2.05 bits per heavy atom. The number of nitrogens with one attached hydrogen (secondary N) is 1. The highest BCUT2D eigenvalue weighted by Crippen LogP contribution is 2.49. The molecule has 3 heteroatoms. The van der Waals surface area contributed by atoms with E-state index in [9.17, 15) is 4.79 Å². The van der Waals surface area contributed by atoms with Crippen molar-refractivity contribution < 1.29 is 4.79 Å². The molecule has 1 aliphatic carbocycles. The van der Waals surface area contributed by atoms with Gasteiger partial charge < -0.3 is 5.32 Å². The maximum Gasteiger partial charge on any atom is 0.240 e. The van der Waals surface area contributed by atoms with Crippen LogP contribution in [0.3, 0.4) is 0 Å². The Labute approximate surface area is 117 Å². The second-order valence-corrected chi connectivity index (χ2v) is 7.80. The molecule has 0 aromatic rings. The lowest BCUT2D eigenvalue weighted by molar-refractivity contribution is -0.128. The molecule has 0 saturated heterocycles. The number of hydrogen-bond acceptors (Lipinski definition) is 2. The number of carbonyl (C=O) groups excluding carboxylic acids is 1. The van der Waals surface area contributed by atoms with Crippen LogP contribution in [0.4, 0.5) is 0 Å². The number of amides is 1. The smallest absolute Gasteiger partial charge is 0.240 e. The van der Waals surface area contributed by atoms with E-state index in [1.54, 1.807) is 13.8 Å². The van der Waals surface area contributed by atoms with Gasteiger partial charge in [-0.05, 0) is 50.4 Å². The van der Waals surface area contributed by atoms with E-state index in [1.807, 2.05) is 0 Å². The lowest BCUT2D eigenvalue weighted by atomic mass is 9.60. The van der Waals surface area contributed by atoms with Gasteiger partial charge in [-0.1, -0.05) is 27.7 Å². The van der Waals surface area contributed by atoms with Crippen molar-refractivity contribution in [2.45, 2.75) is 73.3 Å². The van der Waals surface area contributed by atoms with Gasteiger partial charge in [0.15, 0.2) is 0 Å². The number of nitrogens with zero attached hydrogens (tertiary/aromatic N) is 1. The fraction of sp³-hybridized carbons (Fsp3) is 0.875. The van der Waals surface area contributed by atoms with Gasteiger partial charge in [0.1, 0.15) is 5.41 Å². The summed E-state index contributed by atoms with van der Waals surface area (Å²) in [7, 11) is 0. The van der Waals surface area contributed by atoms with Gasteiger partial charge in [0.25, 0.3) is 0 Å². The molecule has 0 heterocycles. The van der Waals surface area contributed by atoms with Crippen LogP contribution in [0, 0.1) is 27.6 Å². The minimum Gasteiger partial charge on any atom is -0.352 e. The van der Waals surface area contributed by atoms with Crippen LogP contribution in [0.25, 0.3) is 0 Å². The Hall–Kier alpha value is -1.04. The maximum absolute atomic E-state index is 12.0. The molecule has 0 aliphatic heterocycles. The highest BCUT2D eigenvalue weighted by Gasteiger charge is 2.41. The van der Waals surface area contributed by atoms with Crippen LogP contribution in [0.1, 0.15) is 67.2 Å². The topological polar surface area (TPSA) is 52.9 Å². The lowest BCUT2D eigenvalue weighted by Crippen LogP contribution is -2.47. The molecule has 1 fully saturated rings. The van der Waals surface area contributed by atoms with E-state index in [2.05, 4.69) is 39.1 Å². The minimum atomic E-state index is -0.926. The van der Waals surface area contributed by atoms with Gasteiger partial charge in [0, 0.05) is 6.04 Å². The van der Waals surface area contributed by atoms with Gasteiger partial charge in [0.05, 0.1) is 6.07 Å². The summed E-state index contributed by atoms with van der Waals surface area (Å²) >= 11 is 0. The maximum atomic E-state index is 12.0. The fourth-order valence-corrected chi connectivity index (χ4v) is 2.57. The summed E-state index contributed by atoms with van der Waals surface area (Å²) < 4.78 is 0. The van der Waals surface area contributed by atoms with Crippen LogP contribution in [0.2, 0.25) is 0 Å². The van der Waals surface area contributed by atoms with Crippen LogP contribution in [-0.4, -0.2) is 11.9 Å². The molecule has 0 radical (unpaired) electrons. The van der Waals surface area contributed by atoms with E-state index in [4.69, 9.17) is 5.26 Å². The highest BCUT2D eigenvalue weighted by molar-refractivity contribution is 5.84. The van der Waals surface area contributed by atoms with Crippen LogP contribution in [0.15, 0.2) is 0 Å². The molecule has 3 nitrogen and oxygen atoms in total. The summed E-state index contributed by atoms with van der Waals surface area (Å²) in [5, 5.41) is 12.0. The second-order valence-electron chi connectivity index (χ2n) is 7.80. The van der Waals surface area contributed by atoms with Crippen molar-refractivity contribution in [3.05, 3.63) is 0 Å². The normalized spacial score (nSPS) is 28.6. The van der Waals surface area contributed by atoms with Crippen LogP contribution >= 0.6 is 0 Å². The number of hydrogen-bond donors (Lipinski definition) is 1. The molecule has 0 spiro atoms. The third-order valence-corrected chi connectivity index (χ3v) is 5.08. The van der Waals surface area contributed by atoms with Gasteiger partial charge in [-0.2, -0.15) is 5.26 Å². The van der Waals surface area contributed by atoms with Crippen LogP contribution in [0.5, 0.6) is 0 Å². The summed E-state index contributed by atoms with van der Waals surface area (Å²) in [5.74, 6) is -0.139. The van der Waals surface area contributed by atoms with E-state index >= 15 is 0 Å². The zero-order valence-corrected chi connectivity index (χ0v) is 13.3. The van der Waals surface area contributed by atoms with Gasteiger partial charge in [0.2, 0.25) is 5.91 Å². The monoisotopic (exact) mass is 264 g/mol. The molecule has 0 atom stereocenters. The van der Waals surface area contributed by atoms with Crippen molar-refractivity contribution in [1.82, 2.24) is 5.32 Å². The number of carbonyl (C=O) groups is 1. The summed E-state index contributed by atoms with van der Waals surface area (Å²) in [4.78, 5) is 12.0. The average molecular weight is 264 g/mol. The molecule has 1 saturated carbocycles. The molecule has 108 valence electrons. The number of rotatable bonds is 2. The fourth-order valence-electron chi connectivity index (χ4n) is 2.57. The van der Waals surface area contributed by atoms with Gasteiger partial charge in [-0.3, -0.25) is 4.79 Å². The van der Waals surface area contributed by atoms with Crippen molar-refractivity contribution in [1.29, 1.82) is 5.26 Å². The SMILES string of the molecule is CC(C)(C#N)C(=O)NC1CCC(C)(C(C)(C)C)CC1. The quantitative estimate of drug-likeness (QED) is 0.827. The van der Waals surface area contributed by atoms with Crippen molar-refractivity contribution in [2.24, 2.45) is 16.2 Å². The molecule has 0 bridgehead atoms. The van der Waals surface area contributed by atoms with E-state index in [0.29, 0.717) is 10.8 Å². The zero-order chi connectivity index (χ0) is 14.9. The van der Waals surface area contributed by atoms with Crippen molar-refractivity contribution >= 4 is 5.91 Å². The van der Waals surface area contributed by atoms with Crippen molar-refractivity contribution in [3.63, 3.8) is 0 Å². The Kier molecular flexibility index (Phi) is 4.34. The minimum absolute atomic E-state index is 0.139. The molecule has 1 aliphatic rings. The third-order valence-electron chi connectivity index (χ3n) is 5.08. The summed E-state index contributed by atoms with van der Waals surface area (Å²) in [6.45, 7) is 12.6. The zero-order valence-electron chi connectivity index (χ0n) is 13.3. The summed E-state index contributed by atoms with van der Waals surface area (Å²) in [5.41, 5.74) is -0.280. The molecule has 0 aromatic heterocycles. The lowest BCUT2D eigenvalue weighted by Gasteiger charge is -2.47. The van der Waals surface area contributed by atoms with Gasteiger partial charge in [-0.15, -0.1) is 0 Å². The Bertz CT molecular complexity index is 377. The summed E-state index contributed by atoms with van der Waals surface area (Å²) in [6.07, 6.45) is 4.30. The number of nitriles is 1. The molecule has 1 rings (SSSR count). The Balaban J connectivity index is 2.57. The molecule has 0 aromatic carbocycles. The molecule has 19 heavy (non-hydrogen) atoms. The van der Waals surface area contributed by atoms with Crippen LogP contribution in [-0.2, 0) is 4.79 Å². The van der Waals surface area contributed by atoms with Gasteiger partial charge >= 0.3 is 0 Å². The van der Waals surface area contributed by atoms with Crippen LogP contribution < -0.4 is 5.32 Å². The Morgan fingerprint density at radius 2 is 1.68 bits per heavy atom. The van der Waals surface area contributed by atoms with Gasteiger partial charge in [-0.25, -0.2) is 0 Å². The first kappa shape index (κ1) is 16.0. The standard InChI is InChI=1S/C16H28N2O/c1-14(2,3)16(6)9-7-12(8-10-16)18-13(19)15(4,5)11-17/h12H,7-10H2,1-6H3,(H,18,19). The van der Waals surface area contributed by atoms with Crippen molar-refractivity contribution in [3.8, 4) is 6.07 Å². The van der Waals surface area contributed by atoms with E-state index in [1.165, 1.54) is 0 Å². The van der Waals surface area contributed by atoms with E-state index in [0.717, 1.165) is 25.7 Å². The van der Waals surface area contributed by atoms with E-state index < -0.39 is 5.41 Å². The highest BCUT2D eigenvalue weighted by atomic mass is 16.2. The second kappa shape index (κ2) is 5.15. The molecule has 1 amide bonds. The molecular weight excluding hydrogens is 236 g/mol. The third kappa shape index (κ3) is 3.49. The largest absolute Gasteiger partial charge is 0.352 e. The Morgan fingerprint density at radius 1 is 1.21 bits per heavy atom. The average Bonchev–Trinajstić information content (AvgIpc) is 2.30. The predicted molar refractivity (Wildman–Crippen MR) is 77.4 cm³/mol. The first-order valence-corrected chi connectivity index (χ1v) is 7.24.